The standard InChI is InChI=1S/C14H26N2O3/c1-10(2)8-12(14(18)19)16(4)13(17)9-11-6-5-7-15(11)3/h10-12H,5-9H2,1-4H3,(H,18,19). The average Bonchev–Trinajstić information content (AvgIpc) is 2.70. The first-order valence-corrected chi connectivity index (χ1v) is 7.01. The van der Waals surface area contributed by atoms with Gasteiger partial charge in [0.05, 0.1) is 0 Å². The molecule has 5 heteroatoms. The van der Waals surface area contributed by atoms with Crippen LogP contribution >= 0.6 is 0 Å². The van der Waals surface area contributed by atoms with Gasteiger partial charge in [-0.1, -0.05) is 13.8 Å². The van der Waals surface area contributed by atoms with Gasteiger partial charge in [0.1, 0.15) is 6.04 Å². The molecule has 1 rings (SSSR count). The Labute approximate surface area is 115 Å². The number of rotatable bonds is 6. The van der Waals surface area contributed by atoms with Crippen molar-refractivity contribution in [3.63, 3.8) is 0 Å². The van der Waals surface area contributed by atoms with Gasteiger partial charge in [-0.25, -0.2) is 4.79 Å². The molecule has 0 radical (unpaired) electrons. The molecule has 2 atom stereocenters. The maximum Gasteiger partial charge on any atom is 0.326 e. The fraction of sp³-hybridized carbons (Fsp3) is 0.857. The lowest BCUT2D eigenvalue weighted by Gasteiger charge is -2.28. The quantitative estimate of drug-likeness (QED) is 0.793. The first-order chi connectivity index (χ1) is 8.82. The van der Waals surface area contributed by atoms with Crippen molar-refractivity contribution in [1.29, 1.82) is 0 Å². The van der Waals surface area contributed by atoms with Gasteiger partial charge in [0.15, 0.2) is 0 Å². The molecule has 1 aliphatic rings. The summed E-state index contributed by atoms with van der Waals surface area (Å²) in [5.41, 5.74) is 0. The first kappa shape index (κ1) is 16.0. The predicted octanol–water partition coefficient (Wildman–Crippen LogP) is 1.43. The zero-order valence-electron chi connectivity index (χ0n) is 12.4. The molecule has 0 spiro atoms. The molecule has 0 saturated carbocycles. The van der Waals surface area contributed by atoms with E-state index in [1.54, 1.807) is 7.05 Å². The van der Waals surface area contributed by atoms with Gasteiger partial charge in [-0.3, -0.25) is 4.79 Å². The van der Waals surface area contributed by atoms with Crippen molar-refractivity contribution in [2.75, 3.05) is 20.6 Å². The topological polar surface area (TPSA) is 60.9 Å². The summed E-state index contributed by atoms with van der Waals surface area (Å²) < 4.78 is 0. The van der Waals surface area contributed by atoms with E-state index in [0.717, 1.165) is 19.4 Å². The number of amides is 1. The maximum atomic E-state index is 12.2. The summed E-state index contributed by atoms with van der Waals surface area (Å²) in [4.78, 5) is 27.1. The van der Waals surface area contributed by atoms with Crippen LogP contribution < -0.4 is 0 Å². The van der Waals surface area contributed by atoms with Crippen LogP contribution in [-0.2, 0) is 9.59 Å². The number of hydrogen-bond acceptors (Lipinski definition) is 3. The van der Waals surface area contributed by atoms with Gasteiger partial charge in [-0.2, -0.15) is 0 Å². The van der Waals surface area contributed by atoms with E-state index in [4.69, 9.17) is 0 Å². The van der Waals surface area contributed by atoms with E-state index < -0.39 is 12.0 Å². The number of carboxylic acid groups (broad SMARTS) is 1. The van der Waals surface area contributed by atoms with E-state index in [-0.39, 0.29) is 17.9 Å². The molecule has 0 aliphatic carbocycles. The van der Waals surface area contributed by atoms with Crippen LogP contribution in [0.4, 0.5) is 0 Å². The molecule has 1 heterocycles. The number of aliphatic carboxylic acids is 1. The van der Waals surface area contributed by atoms with Gasteiger partial charge in [0, 0.05) is 19.5 Å². The molecule has 0 aromatic rings. The fourth-order valence-electron chi connectivity index (χ4n) is 2.63. The first-order valence-electron chi connectivity index (χ1n) is 7.01. The highest BCUT2D eigenvalue weighted by molar-refractivity contribution is 5.83. The molecule has 1 aliphatic heterocycles. The van der Waals surface area contributed by atoms with Crippen molar-refractivity contribution in [1.82, 2.24) is 9.80 Å². The molecule has 1 saturated heterocycles. The Morgan fingerprint density at radius 1 is 1.42 bits per heavy atom. The Hall–Kier alpha value is -1.10. The maximum absolute atomic E-state index is 12.2. The Bertz CT molecular complexity index is 331. The Morgan fingerprint density at radius 3 is 2.47 bits per heavy atom. The number of nitrogens with zero attached hydrogens (tertiary/aromatic N) is 2. The summed E-state index contributed by atoms with van der Waals surface area (Å²) in [5, 5.41) is 9.25. The smallest absolute Gasteiger partial charge is 0.326 e. The number of likely N-dealkylation sites (N-methyl/N-ethyl adjacent to an activating group) is 1. The van der Waals surface area contributed by atoms with Gasteiger partial charge in [-0.15, -0.1) is 0 Å². The highest BCUT2D eigenvalue weighted by Crippen LogP contribution is 2.20. The number of carbonyl (C=O) groups is 2. The highest BCUT2D eigenvalue weighted by Gasteiger charge is 2.30. The van der Waals surface area contributed by atoms with E-state index in [9.17, 15) is 14.7 Å². The molecule has 19 heavy (non-hydrogen) atoms. The van der Waals surface area contributed by atoms with Crippen LogP contribution in [0.5, 0.6) is 0 Å². The summed E-state index contributed by atoms with van der Waals surface area (Å²) in [5.74, 6) is -0.721. The van der Waals surface area contributed by atoms with Crippen LogP contribution in [0.1, 0.15) is 39.5 Å². The molecule has 1 amide bonds. The largest absolute Gasteiger partial charge is 0.480 e. The zero-order chi connectivity index (χ0) is 14.6. The average molecular weight is 270 g/mol. The molecule has 5 nitrogen and oxygen atoms in total. The van der Waals surface area contributed by atoms with Gasteiger partial charge in [0.25, 0.3) is 0 Å². The predicted molar refractivity (Wildman–Crippen MR) is 73.9 cm³/mol. The molecule has 0 aromatic carbocycles. The lowest BCUT2D eigenvalue weighted by atomic mass is 10.0. The SMILES string of the molecule is CC(C)CC(C(=O)O)N(C)C(=O)CC1CCCN1C. The second-order valence-electron chi connectivity index (χ2n) is 5.97. The lowest BCUT2D eigenvalue weighted by Crippen LogP contribution is -2.45. The highest BCUT2D eigenvalue weighted by atomic mass is 16.4. The van der Waals surface area contributed by atoms with E-state index in [0.29, 0.717) is 12.8 Å². The number of hydrogen-bond donors (Lipinski definition) is 1. The number of carboxylic acids is 1. The van der Waals surface area contributed by atoms with Crippen molar-refractivity contribution in [3.8, 4) is 0 Å². The van der Waals surface area contributed by atoms with Crippen molar-refractivity contribution in [3.05, 3.63) is 0 Å². The summed E-state index contributed by atoms with van der Waals surface area (Å²) in [6, 6.07) is -0.442. The number of carbonyl (C=O) groups excluding carboxylic acids is 1. The molecule has 2 unspecified atom stereocenters. The van der Waals surface area contributed by atoms with Gasteiger partial charge >= 0.3 is 5.97 Å². The molecule has 110 valence electrons. The van der Waals surface area contributed by atoms with Crippen molar-refractivity contribution in [2.45, 2.75) is 51.6 Å². The van der Waals surface area contributed by atoms with Crippen LogP contribution in [0.25, 0.3) is 0 Å². The van der Waals surface area contributed by atoms with Crippen LogP contribution in [0.15, 0.2) is 0 Å². The molecule has 1 fully saturated rings. The van der Waals surface area contributed by atoms with Gasteiger partial charge in [-0.05, 0) is 38.8 Å². The Balaban J connectivity index is 2.60. The second kappa shape index (κ2) is 6.89. The zero-order valence-corrected chi connectivity index (χ0v) is 12.4. The second-order valence-corrected chi connectivity index (χ2v) is 5.97. The summed E-state index contributed by atoms with van der Waals surface area (Å²) >= 11 is 0. The summed E-state index contributed by atoms with van der Waals surface area (Å²) in [6.07, 6.45) is 3.07. The van der Waals surface area contributed by atoms with E-state index in [2.05, 4.69) is 4.90 Å². The molecular weight excluding hydrogens is 244 g/mol. The summed E-state index contributed by atoms with van der Waals surface area (Å²) in [7, 11) is 3.63. The van der Waals surface area contributed by atoms with Crippen molar-refractivity contribution >= 4 is 11.9 Å². The third-order valence-corrected chi connectivity index (χ3v) is 3.92. The Morgan fingerprint density at radius 2 is 2.05 bits per heavy atom. The van der Waals surface area contributed by atoms with Crippen LogP contribution in [0.2, 0.25) is 0 Å². The van der Waals surface area contributed by atoms with E-state index in [1.165, 1.54) is 4.90 Å². The van der Waals surface area contributed by atoms with Crippen LogP contribution in [-0.4, -0.2) is 59.5 Å². The number of likely N-dealkylation sites (tertiary alicyclic amines) is 1. The monoisotopic (exact) mass is 270 g/mol. The van der Waals surface area contributed by atoms with E-state index in [1.807, 2.05) is 20.9 Å². The molecule has 0 bridgehead atoms. The summed E-state index contributed by atoms with van der Waals surface area (Å²) in [6.45, 7) is 4.97. The van der Waals surface area contributed by atoms with Crippen LogP contribution in [0, 0.1) is 5.92 Å². The van der Waals surface area contributed by atoms with Crippen molar-refractivity contribution < 1.29 is 14.7 Å². The van der Waals surface area contributed by atoms with E-state index >= 15 is 0 Å². The third kappa shape index (κ3) is 4.49. The minimum absolute atomic E-state index is 0.0631. The normalized spacial score (nSPS) is 21.6. The van der Waals surface area contributed by atoms with Crippen LogP contribution in [0.3, 0.4) is 0 Å². The molecular formula is C14H26N2O3. The van der Waals surface area contributed by atoms with Crippen molar-refractivity contribution in [2.24, 2.45) is 5.92 Å². The molecule has 1 N–H and O–H groups in total. The fourth-order valence-corrected chi connectivity index (χ4v) is 2.63. The third-order valence-electron chi connectivity index (χ3n) is 3.92. The van der Waals surface area contributed by atoms with Gasteiger partial charge in [0.2, 0.25) is 5.91 Å². The molecule has 0 aromatic heterocycles. The Kier molecular flexibility index (Phi) is 5.79. The minimum atomic E-state index is -0.913. The minimum Gasteiger partial charge on any atom is -0.480 e. The lowest BCUT2D eigenvalue weighted by molar-refractivity contribution is -0.150. The van der Waals surface area contributed by atoms with Gasteiger partial charge < -0.3 is 14.9 Å².